The highest BCUT2D eigenvalue weighted by atomic mass is 32.2. The van der Waals surface area contributed by atoms with Crippen molar-refractivity contribution in [1.82, 2.24) is 4.98 Å². The molecule has 2 rings (SSSR count). The van der Waals surface area contributed by atoms with Gasteiger partial charge < -0.3 is 16.4 Å². The van der Waals surface area contributed by atoms with E-state index in [1.54, 1.807) is 12.3 Å². The van der Waals surface area contributed by atoms with Crippen LogP contribution >= 0.6 is 11.8 Å². The SMILES string of the molecule is NC(=O)c1cc(N)cnc1N1CCCSCC1. The van der Waals surface area contributed by atoms with Gasteiger partial charge in [-0.05, 0) is 18.2 Å². The minimum absolute atomic E-state index is 0.414. The topological polar surface area (TPSA) is 85.2 Å². The monoisotopic (exact) mass is 252 g/mol. The highest BCUT2D eigenvalue weighted by molar-refractivity contribution is 7.99. The number of nitrogens with zero attached hydrogens (tertiary/aromatic N) is 2. The van der Waals surface area contributed by atoms with Crippen LogP contribution in [0.4, 0.5) is 11.5 Å². The van der Waals surface area contributed by atoms with Crippen LogP contribution in [0.5, 0.6) is 0 Å². The van der Waals surface area contributed by atoms with Gasteiger partial charge in [0.25, 0.3) is 5.91 Å². The number of anilines is 2. The first kappa shape index (κ1) is 12.0. The molecule has 0 atom stereocenters. The lowest BCUT2D eigenvalue weighted by atomic mass is 10.2. The predicted octanol–water partition coefficient (Wildman–Crippen LogP) is 0.706. The maximum absolute atomic E-state index is 11.4. The van der Waals surface area contributed by atoms with Gasteiger partial charge in [0.05, 0.1) is 17.4 Å². The number of rotatable bonds is 2. The normalized spacial score (nSPS) is 16.6. The summed E-state index contributed by atoms with van der Waals surface area (Å²) in [5.74, 6) is 2.38. The Hall–Kier alpha value is -1.43. The van der Waals surface area contributed by atoms with E-state index in [1.165, 1.54) is 0 Å². The zero-order valence-corrected chi connectivity index (χ0v) is 10.4. The molecule has 6 heteroatoms. The van der Waals surface area contributed by atoms with Crippen LogP contribution in [0.15, 0.2) is 12.3 Å². The second-order valence-electron chi connectivity index (χ2n) is 3.96. The van der Waals surface area contributed by atoms with Gasteiger partial charge in [0.15, 0.2) is 0 Å². The fraction of sp³-hybridized carbons (Fsp3) is 0.455. The molecule has 0 saturated carbocycles. The van der Waals surface area contributed by atoms with Crippen molar-refractivity contribution in [1.29, 1.82) is 0 Å². The van der Waals surface area contributed by atoms with E-state index in [1.807, 2.05) is 11.8 Å². The van der Waals surface area contributed by atoms with Crippen molar-refractivity contribution in [2.24, 2.45) is 5.73 Å². The van der Waals surface area contributed by atoms with Crippen LogP contribution in [0, 0.1) is 0 Å². The molecular formula is C11H16N4OS. The van der Waals surface area contributed by atoms with E-state index >= 15 is 0 Å². The van der Waals surface area contributed by atoms with Crippen molar-refractivity contribution in [2.75, 3.05) is 35.2 Å². The van der Waals surface area contributed by atoms with Crippen LogP contribution in [0.2, 0.25) is 0 Å². The minimum Gasteiger partial charge on any atom is -0.397 e. The molecule has 5 nitrogen and oxygen atoms in total. The molecule has 0 radical (unpaired) electrons. The molecule has 1 saturated heterocycles. The Bertz CT molecular complexity index is 416. The van der Waals surface area contributed by atoms with E-state index in [4.69, 9.17) is 11.5 Å². The van der Waals surface area contributed by atoms with Crippen LogP contribution < -0.4 is 16.4 Å². The standard InChI is InChI=1S/C11H16N4OS/c12-8-6-9(10(13)16)11(14-7-8)15-2-1-4-17-5-3-15/h6-7H,1-5,12H2,(H2,13,16). The Morgan fingerprint density at radius 1 is 1.41 bits per heavy atom. The summed E-state index contributed by atoms with van der Waals surface area (Å²) < 4.78 is 0. The summed E-state index contributed by atoms with van der Waals surface area (Å²) in [7, 11) is 0. The quantitative estimate of drug-likeness (QED) is 0.809. The van der Waals surface area contributed by atoms with Crippen molar-refractivity contribution in [3.63, 3.8) is 0 Å². The largest absolute Gasteiger partial charge is 0.397 e. The number of amides is 1. The lowest BCUT2D eigenvalue weighted by molar-refractivity contribution is 0.100. The summed E-state index contributed by atoms with van der Waals surface area (Å²) >= 11 is 1.92. The molecule has 1 aliphatic heterocycles. The van der Waals surface area contributed by atoms with Gasteiger partial charge in [0.2, 0.25) is 0 Å². The molecule has 0 aliphatic carbocycles. The van der Waals surface area contributed by atoms with E-state index in [2.05, 4.69) is 9.88 Å². The van der Waals surface area contributed by atoms with Crippen LogP contribution in [0.25, 0.3) is 0 Å². The molecular weight excluding hydrogens is 236 g/mol. The average molecular weight is 252 g/mol. The lowest BCUT2D eigenvalue weighted by Gasteiger charge is -2.23. The summed E-state index contributed by atoms with van der Waals surface area (Å²) in [4.78, 5) is 17.8. The van der Waals surface area contributed by atoms with Crippen molar-refractivity contribution in [3.8, 4) is 0 Å². The Morgan fingerprint density at radius 2 is 2.24 bits per heavy atom. The Balaban J connectivity index is 2.32. The van der Waals surface area contributed by atoms with Crippen LogP contribution in [0.3, 0.4) is 0 Å². The smallest absolute Gasteiger partial charge is 0.252 e. The van der Waals surface area contributed by atoms with E-state index in [0.29, 0.717) is 17.1 Å². The molecule has 0 aromatic carbocycles. The van der Waals surface area contributed by atoms with Gasteiger partial charge in [-0.3, -0.25) is 4.79 Å². The second-order valence-corrected chi connectivity index (χ2v) is 5.18. The first-order valence-electron chi connectivity index (χ1n) is 5.56. The minimum atomic E-state index is -0.475. The molecule has 0 spiro atoms. The van der Waals surface area contributed by atoms with Gasteiger partial charge >= 0.3 is 0 Å². The van der Waals surface area contributed by atoms with Crippen LogP contribution in [-0.4, -0.2) is 35.5 Å². The summed E-state index contributed by atoms with van der Waals surface area (Å²) in [5, 5.41) is 0. The number of aromatic nitrogens is 1. The molecule has 2 heterocycles. The maximum Gasteiger partial charge on any atom is 0.252 e. The molecule has 1 aliphatic rings. The molecule has 1 aromatic heterocycles. The summed E-state index contributed by atoms with van der Waals surface area (Å²) in [6.45, 7) is 1.80. The van der Waals surface area contributed by atoms with Gasteiger partial charge in [0, 0.05) is 18.8 Å². The predicted molar refractivity (Wildman–Crippen MR) is 71.3 cm³/mol. The number of nitrogens with two attached hydrogens (primary N) is 2. The fourth-order valence-corrected chi connectivity index (χ4v) is 2.75. The van der Waals surface area contributed by atoms with Crippen molar-refractivity contribution in [2.45, 2.75) is 6.42 Å². The molecule has 1 aromatic rings. The third kappa shape index (κ3) is 2.82. The Labute approximate surface area is 105 Å². The highest BCUT2D eigenvalue weighted by Crippen LogP contribution is 2.22. The van der Waals surface area contributed by atoms with Crippen LogP contribution in [0.1, 0.15) is 16.8 Å². The van der Waals surface area contributed by atoms with E-state index in [9.17, 15) is 4.79 Å². The number of nitrogen functional groups attached to an aromatic ring is 1. The summed E-state index contributed by atoms with van der Waals surface area (Å²) in [6.07, 6.45) is 2.66. The summed E-state index contributed by atoms with van der Waals surface area (Å²) in [6, 6.07) is 1.60. The van der Waals surface area contributed by atoms with E-state index in [-0.39, 0.29) is 0 Å². The number of carbonyl (C=O) groups excluding carboxylic acids is 1. The lowest BCUT2D eigenvalue weighted by Crippen LogP contribution is -2.29. The highest BCUT2D eigenvalue weighted by Gasteiger charge is 2.18. The molecule has 4 N–H and O–H groups in total. The van der Waals surface area contributed by atoms with Gasteiger partial charge in [0.1, 0.15) is 5.82 Å². The Kier molecular flexibility index (Phi) is 3.73. The Morgan fingerprint density at radius 3 is 3.00 bits per heavy atom. The molecule has 1 fully saturated rings. The summed E-state index contributed by atoms with van der Waals surface area (Å²) in [5.41, 5.74) is 11.9. The van der Waals surface area contributed by atoms with Crippen LogP contribution in [-0.2, 0) is 0 Å². The van der Waals surface area contributed by atoms with Gasteiger partial charge in [-0.25, -0.2) is 4.98 Å². The number of hydrogen-bond donors (Lipinski definition) is 2. The van der Waals surface area contributed by atoms with Crippen molar-refractivity contribution < 1.29 is 4.79 Å². The van der Waals surface area contributed by atoms with Gasteiger partial charge in [-0.2, -0.15) is 11.8 Å². The van der Waals surface area contributed by atoms with Gasteiger partial charge in [-0.15, -0.1) is 0 Å². The van der Waals surface area contributed by atoms with E-state index in [0.717, 1.165) is 31.0 Å². The number of primary amides is 1. The van der Waals surface area contributed by atoms with Crippen molar-refractivity contribution in [3.05, 3.63) is 17.8 Å². The maximum atomic E-state index is 11.4. The van der Waals surface area contributed by atoms with Gasteiger partial charge in [-0.1, -0.05) is 0 Å². The number of thioether (sulfide) groups is 1. The van der Waals surface area contributed by atoms with E-state index < -0.39 is 5.91 Å². The second kappa shape index (κ2) is 5.27. The first-order chi connectivity index (χ1) is 8.18. The average Bonchev–Trinajstić information content (AvgIpc) is 2.57. The molecule has 17 heavy (non-hydrogen) atoms. The molecule has 92 valence electrons. The van der Waals surface area contributed by atoms with Crippen molar-refractivity contribution >= 4 is 29.2 Å². The third-order valence-electron chi connectivity index (χ3n) is 2.68. The first-order valence-corrected chi connectivity index (χ1v) is 6.72. The number of carbonyl (C=O) groups is 1. The fourth-order valence-electron chi connectivity index (χ4n) is 1.86. The number of hydrogen-bond acceptors (Lipinski definition) is 5. The molecule has 0 bridgehead atoms. The molecule has 1 amide bonds. The third-order valence-corrected chi connectivity index (χ3v) is 3.72. The zero-order chi connectivity index (χ0) is 12.3. The number of pyridine rings is 1. The zero-order valence-electron chi connectivity index (χ0n) is 9.56. The molecule has 0 unspecified atom stereocenters.